The lowest BCUT2D eigenvalue weighted by Crippen LogP contribution is -2.29. The quantitative estimate of drug-likeness (QED) is 0.206. The van der Waals surface area contributed by atoms with Gasteiger partial charge in [-0.25, -0.2) is 0 Å². The van der Waals surface area contributed by atoms with Crippen LogP contribution in [-0.4, -0.2) is 20.9 Å². The first kappa shape index (κ1) is 23.2. The molecule has 3 heterocycles. The van der Waals surface area contributed by atoms with Crippen molar-refractivity contribution in [3.8, 4) is 11.3 Å². The molecule has 1 fully saturated rings. The maximum atomic E-state index is 11.4. The third-order valence-corrected chi connectivity index (χ3v) is 6.16. The number of thiocarbonyl (C=S) groups is 1. The number of nitrogens with zero attached hydrogens (tertiary/aromatic N) is 3. The van der Waals surface area contributed by atoms with Crippen molar-refractivity contribution in [1.82, 2.24) is 10.3 Å². The van der Waals surface area contributed by atoms with Crippen LogP contribution in [0, 0.1) is 10.1 Å². The lowest BCUT2D eigenvalue weighted by molar-refractivity contribution is -0.384. The highest BCUT2D eigenvalue weighted by atomic mass is 32.1. The van der Waals surface area contributed by atoms with Crippen LogP contribution in [0.2, 0.25) is 0 Å². The first-order valence-corrected chi connectivity index (χ1v) is 11.5. The molecule has 5 rings (SSSR count). The normalized spacial score (nSPS) is 17.0. The van der Waals surface area contributed by atoms with Crippen LogP contribution in [0.25, 0.3) is 11.3 Å². The van der Waals surface area contributed by atoms with Gasteiger partial charge in [0, 0.05) is 42.2 Å². The van der Waals surface area contributed by atoms with Crippen LogP contribution in [0.15, 0.2) is 89.5 Å². The zero-order valence-corrected chi connectivity index (χ0v) is 19.9. The van der Waals surface area contributed by atoms with Crippen molar-refractivity contribution in [2.45, 2.75) is 19.0 Å². The van der Waals surface area contributed by atoms with Gasteiger partial charge in [-0.2, -0.15) is 0 Å². The molecular weight excluding hydrogens is 478 g/mol. The highest BCUT2D eigenvalue weighted by molar-refractivity contribution is 7.80. The number of rotatable bonds is 6. The van der Waals surface area contributed by atoms with Crippen molar-refractivity contribution in [1.29, 1.82) is 0 Å². The van der Waals surface area contributed by atoms with Gasteiger partial charge in [0.2, 0.25) is 5.91 Å². The van der Waals surface area contributed by atoms with E-state index in [2.05, 4.69) is 15.6 Å². The molecule has 2 aromatic carbocycles. The van der Waals surface area contributed by atoms with Crippen LogP contribution in [0.5, 0.6) is 0 Å². The maximum Gasteiger partial charge on any atom is 0.269 e. The summed E-state index contributed by atoms with van der Waals surface area (Å²) in [6, 6.07) is 22.4. The number of hydrogen-bond donors (Lipinski definition) is 2. The number of carbonyl (C=O) groups is 1. The molecule has 4 aromatic rings. The molecule has 0 unspecified atom stereocenters. The van der Waals surface area contributed by atoms with Gasteiger partial charge in [0.1, 0.15) is 17.6 Å². The number of pyridine rings is 1. The predicted octanol–water partition coefficient (Wildman–Crippen LogP) is 5.39. The van der Waals surface area contributed by atoms with Crippen molar-refractivity contribution in [2.75, 3.05) is 10.2 Å². The third-order valence-electron chi connectivity index (χ3n) is 5.84. The molecule has 0 spiro atoms. The van der Waals surface area contributed by atoms with Crippen molar-refractivity contribution in [2.24, 2.45) is 0 Å². The first-order valence-electron chi connectivity index (χ1n) is 11.1. The number of nitro benzene ring substituents is 1. The number of nitro groups is 1. The minimum Gasteiger partial charge on any atom is -0.459 e. The van der Waals surface area contributed by atoms with Gasteiger partial charge in [-0.05, 0) is 72.9 Å². The van der Waals surface area contributed by atoms with E-state index < -0.39 is 4.92 Å². The summed E-state index contributed by atoms with van der Waals surface area (Å²) < 4.78 is 6.29. The maximum absolute atomic E-state index is 11.4. The average Bonchev–Trinajstić information content (AvgIpc) is 3.49. The van der Waals surface area contributed by atoms with Gasteiger partial charge in [0.15, 0.2) is 5.11 Å². The molecule has 0 saturated carbocycles. The second-order valence-corrected chi connectivity index (χ2v) is 8.62. The van der Waals surface area contributed by atoms with Crippen LogP contribution >= 0.6 is 12.2 Å². The van der Waals surface area contributed by atoms with E-state index in [0.29, 0.717) is 22.3 Å². The number of aromatic nitrogens is 1. The van der Waals surface area contributed by atoms with E-state index in [1.807, 2.05) is 59.5 Å². The van der Waals surface area contributed by atoms with E-state index in [-0.39, 0.29) is 23.7 Å². The van der Waals surface area contributed by atoms with E-state index in [1.165, 1.54) is 19.1 Å². The van der Waals surface area contributed by atoms with Crippen LogP contribution in [0.3, 0.4) is 0 Å². The van der Waals surface area contributed by atoms with Crippen LogP contribution in [-0.2, 0) is 4.79 Å². The van der Waals surface area contributed by atoms with Crippen LogP contribution in [0.1, 0.15) is 30.5 Å². The molecule has 0 bridgehead atoms. The molecule has 1 aliphatic rings. The lowest BCUT2D eigenvalue weighted by atomic mass is 10.0. The third kappa shape index (κ3) is 4.53. The Morgan fingerprint density at radius 2 is 1.83 bits per heavy atom. The van der Waals surface area contributed by atoms with Crippen molar-refractivity contribution in [3.63, 3.8) is 0 Å². The Labute approximate surface area is 211 Å². The minimum absolute atomic E-state index is 0.0139. The highest BCUT2D eigenvalue weighted by Crippen LogP contribution is 2.43. The zero-order valence-electron chi connectivity index (χ0n) is 19.1. The number of non-ortho nitro benzene ring substituents is 1. The number of anilines is 2. The van der Waals surface area contributed by atoms with Crippen molar-refractivity contribution >= 4 is 40.3 Å². The van der Waals surface area contributed by atoms with E-state index in [1.54, 1.807) is 18.3 Å². The standard InChI is InChI=1S/C26H21N5O4S/c1-16(32)28-18-7-11-19(12-8-18)30-25(24(29-26(30)36)21-4-2-3-15-27-21)23-14-13-22(35-23)17-5-9-20(10-6-17)31(33)34/h2-15,24-25H,1H3,(H,28,32)(H,29,36)/t24-,25+/m0/s1. The van der Waals surface area contributed by atoms with Gasteiger partial charge in [-0.3, -0.25) is 19.9 Å². The highest BCUT2D eigenvalue weighted by Gasteiger charge is 2.42. The summed E-state index contributed by atoms with van der Waals surface area (Å²) >= 11 is 5.73. The number of carbonyl (C=O) groups excluding carboxylic acids is 1. The van der Waals surface area contributed by atoms with Crippen molar-refractivity contribution < 1.29 is 14.1 Å². The van der Waals surface area contributed by atoms with Gasteiger partial charge in [0.25, 0.3) is 5.69 Å². The van der Waals surface area contributed by atoms with E-state index in [0.717, 1.165) is 16.9 Å². The summed E-state index contributed by atoms with van der Waals surface area (Å²) in [5, 5.41) is 17.7. The number of nitrogens with one attached hydrogen (secondary N) is 2. The second kappa shape index (κ2) is 9.59. The number of amides is 1. The lowest BCUT2D eigenvalue weighted by Gasteiger charge is -2.26. The summed E-state index contributed by atoms with van der Waals surface area (Å²) in [5.41, 5.74) is 3.04. The predicted molar refractivity (Wildman–Crippen MR) is 139 cm³/mol. The SMILES string of the molecule is CC(=O)Nc1ccc(N2C(=S)N[C@@H](c3ccccn3)[C@H]2c2ccc(-c3ccc([N+](=O)[O-])cc3)o2)cc1. The fourth-order valence-electron chi connectivity index (χ4n) is 4.24. The Kier molecular flexibility index (Phi) is 6.17. The molecular formula is C26H21N5O4S. The molecule has 1 aliphatic heterocycles. The molecule has 2 atom stereocenters. The Morgan fingerprint density at radius 3 is 2.47 bits per heavy atom. The molecule has 180 valence electrons. The Balaban J connectivity index is 1.53. The zero-order chi connectivity index (χ0) is 25.2. The number of furan rings is 1. The fraction of sp³-hybridized carbons (Fsp3) is 0.115. The summed E-state index contributed by atoms with van der Waals surface area (Å²) in [6.07, 6.45) is 1.73. The van der Waals surface area contributed by atoms with Crippen LogP contribution < -0.4 is 15.5 Å². The van der Waals surface area contributed by atoms with E-state index >= 15 is 0 Å². The van der Waals surface area contributed by atoms with Crippen LogP contribution in [0.4, 0.5) is 17.1 Å². The molecule has 1 saturated heterocycles. The molecule has 1 amide bonds. The second-order valence-electron chi connectivity index (χ2n) is 8.23. The average molecular weight is 500 g/mol. The molecule has 9 nitrogen and oxygen atoms in total. The monoisotopic (exact) mass is 499 g/mol. The Hall–Kier alpha value is -4.57. The van der Waals surface area contributed by atoms with Gasteiger partial charge in [-0.1, -0.05) is 6.07 Å². The molecule has 36 heavy (non-hydrogen) atoms. The van der Waals surface area contributed by atoms with Gasteiger partial charge in [0.05, 0.1) is 16.7 Å². The molecule has 2 aromatic heterocycles. The smallest absolute Gasteiger partial charge is 0.269 e. The van der Waals surface area contributed by atoms with Gasteiger partial charge >= 0.3 is 0 Å². The molecule has 10 heteroatoms. The fourth-order valence-corrected chi connectivity index (χ4v) is 4.59. The Bertz CT molecular complexity index is 1420. The summed E-state index contributed by atoms with van der Waals surface area (Å²) in [7, 11) is 0. The summed E-state index contributed by atoms with van der Waals surface area (Å²) in [6.45, 7) is 1.46. The molecule has 2 N–H and O–H groups in total. The van der Waals surface area contributed by atoms with Gasteiger partial charge in [-0.15, -0.1) is 0 Å². The topological polar surface area (TPSA) is 114 Å². The molecule has 0 aliphatic carbocycles. The molecule has 0 radical (unpaired) electrons. The number of hydrogen-bond acceptors (Lipinski definition) is 6. The van der Waals surface area contributed by atoms with E-state index in [4.69, 9.17) is 16.6 Å². The number of benzene rings is 2. The Morgan fingerprint density at radius 1 is 1.08 bits per heavy atom. The summed E-state index contributed by atoms with van der Waals surface area (Å²) in [5.74, 6) is 1.08. The van der Waals surface area contributed by atoms with Crippen molar-refractivity contribution in [3.05, 3.63) is 107 Å². The minimum atomic E-state index is -0.435. The van der Waals surface area contributed by atoms with Gasteiger partial charge < -0.3 is 20.0 Å². The van der Waals surface area contributed by atoms with E-state index in [9.17, 15) is 14.9 Å². The summed E-state index contributed by atoms with van der Waals surface area (Å²) in [4.78, 5) is 28.5. The largest absolute Gasteiger partial charge is 0.459 e. The first-order chi connectivity index (χ1) is 17.4.